The molecule has 0 unspecified atom stereocenters. The fraction of sp³-hybridized carbons (Fsp3) is 0.143. The fourth-order valence-electron chi connectivity index (χ4n) is 1.73. The molecular formula is C14H12I2N2O3. The van der Waals surface area contributed by atoms with Gasteiger partial charge in [0, 0.05) is 7.05 Å². The summed E-state index contributed by atoms with van der Waals surface area (Å²) in [5.41, 5.74) is 1.10. The van der Waals surface area contributed by atoms with Crippen LogP contribution in [0.5, 0.6) is 5.75 Å². The van der Waals surface area contributed by atoms with Gasteiger partial charge in [-0.3, -0.25) is 9.69 Å². The molecule has 1 aliphatic heterocycles. The lowest BCUT2D eigenvalue weighted by atomic mass is 10.2. The van der Waals surface area contributed by atoms with Gasteiger partial charge in [-0.25, -0.2) is 4.79 Å². The number of nitrogens with one attached hydrogen (secondary N) is 1. The number of likely N-dealkylation sites (N-methyl/N-ethyl adjacent to an activating group) is 1. The molecular weight excluding hydrogens is 498 g/mol. The molecule has 0 atom stereocenters. The highest BCUT2D eigenvalue weighted by molar-refractivity contribution is 14.1. The van der Waals surface area contributed by atoms with Crippen LogP contribution in [0, 0.1) is 7.14 Å². The van der Waals surface area contributed by atoms with Crippen LogP contribution in [0.2, 0.25) is 0 Å². The van der Waals surface area contributed by atoms with E-state index in [0.717, 1.165) is 23.4 Å². The van der Waals surface area contributed by atoms with E-state index < -0.39 is 6.03 Å². The molecule has 0 aliphatic carbocycles. The summed E-state index contributed by atoms with van der Waals surface area (Å²) in [6.07, 6.45) is 3.34. The first-order valence-corrected chi connectivity index (χ1v) is 8.13. The Morgan fingerprint density at radius 2 is 1.95 bits per heavy atom. The number of hydrogen-bond donors (Lipinski definition) is 1. The van der Waals surface area contributed by atoms with Crippen molar-refractivity contribution in [3.8, 4) is 5.75 Å². The molecule has 1 saturated heterocycles. The van der Waals surface area contributed by atoms with Gasteiger partial charge < -0.3 is 10.1 Å². The van der Waals surface area contributed by atoms with E-state index in [9.17, 15) is 9.59 Å². The Morgan fingerprint density at radius 1 is 1.33 bits per heavy atom. The fourth-order valence-corrected chi connectivity index (χ4v) is 3.86. The molecule has 1 aliphatic rings. The van der Waals surface area contributed by atoms with E-state index in [1.807, 2.05) is 12.1 Å². The predicted octanol–water partition coefficient (Wildman–Crippen LogP) is 2.98. The van der Waals surface area contributed by atoms with Crippen LogP contribution >= 0.6 is 45.2 Å². The van der Waals surface area contributed by atoms with Crippen molar-refractivity contribution in [3.63, 3.8) is 0 Å². The van der Waals surface area contributed by atoms with Crippen LogP contribution in [0.25, 0.3) is 6.08 Å². The van der Waals surface area contributed by atoms with Gasteiger partial charge in [-0.05, 0) is 69.0 Å². The number of carbonyl (C=O) groups excluding carboxylic acids is 2. The van der Waals surface area contributed by atoms with Crippen LogP contribution in [0.4, 0.5) is 4.79 Å². The normalized spacial score (nSPS) is 16.3. The van der Waals surface area contributed by atoms with Gasteiger partial charge in [0.2, 0.25) is 0 Å². The van der Waals surface area contributed by atoms with Crippen LogP contribution in [0.1, 0.15) is 5.56 Å². The smallest absolute Gasteiger partial charge is 0.328 e. The Hall–Kier alpha value is -1.10. The zero-order chi connectivity index (χ0) is 15.6. The Labute approximate surface area is 149 Å². The van der Waals surface area contributed by atoms with Crippen molar-refractivity contribution < 1.29 is 14.3 Å². The summed E-state index contributed by atoms with van der Waals surface area (Å²) in [5.74, 6) is 0.453. The second-order valence-electron chi connectivity index (χ2n) is 4.27. The molecule has 5 nitrogen and oxygen atoms in total. The molecule has 0 aromatic heterocycles. The molecule has 1 N–H and O–H groups in total. The molecule has 1 aromatic carbocycles. The van der Waals surface area contributed by atoms with Gasteiger partial charge >= 0.3 is 6.03 Å². The number of halogens is 2. The van der Waals surface area contributed by atoms with E-state index in [-0.39, 0.29) is 11.6 Å². The minimum Gasteiger partial charge on any atom is -0.487 e. The van der Waals surface area contributed by atoms with Crippen molar-refractivity contribution in [2.75, 3.05) is 13.7 Å². The van der Waals surface area contributed by atoms with Crippen molar-refractivity contribution in [1.29, 1.82) is 0 Å². The molecule has 21 heavy (non-hydrogen) atoms. The van der Waals surface area contributed by atoms with Gasteiger partial charge in [-0.15, -0.1) is 0 Å². The zero-order valence-electron chi connectivity index (χ0n) is 11.2. The predicted molar refractivity (Wildman–Crippen MR) is 96.8 cm³/mol. The Morgan fingerprint density at radius 3 is 2.43 bits per heavy atom. The van der Waals surface area contributed by atoms with Gasteiger partial charge in [0.05, 0.1) is 7.14 Å². The highest BCUT2D eigenvalue weighted by atomic mass is 127. The quantitative estimate of drug-likeness (QED) is 0.294. The van der Waals surface area contributed by atoms with E-state index >= 15 is 0 Å². The van der Waals surface area contributed by atoms with E-state index in [2.05, 4.69) is 57.1 Å². The number of hydrogen-bond acceptors (Lipinski definition) is 3. The molecule has 1 fully saturated rings. The minimum absolute atomic E-state index is 0.272. The van der Waals surface area contributed by atoms with Gasteiger partial charge in [-0.1, -0.05) is 12.7 Å². The van der Waals surface area contributed by atoms with Gasteiger partial charge in [0.25, 0.3) is 5.91 Å². The Kier molecular flexibility index (Phi) is 5.25. The first-order chi connectivity index (χ1) is 9.93. The minimum atomic E-state index is -0.415. The van der Waals surface area contributed by atoms with Crippen molar-refractivity contribution in [2.24, 2.45) is 0 Å². The number of ether oxygens (including phenoxy) is 1. The van der Waals surface area contributed by atoms with Crippen molar-refractivity contribution in [2.45, 2.75) is 0 Å². The second-order valence-corrected chi connectivity index (χ2v) is 6.59. The third kappa shape index (κ3) is 3.57. The largest absolute Gasteiger partial charge is 0.487 e. The SMILES string of the molecule is C=CCOc1c(I)cc(/C=C2/NC(=O)N(C)C2=O)cc1I. The third-order valence-electron chi connectivity index (χ3n) is 2.76. The number of rotatable bonds is 4. The lowest BCUT2D eigenvalue weighted by Crippen LogP contribution is -2.25. The van der Waals surface area contributed by atoms with E-state index in [0.29, 0.717) is 6.61 Å². The number of urea groups is 1. The van der Waals surface area contributed by atoms with Crippen LogP contribution in [-0.2, 0) is 4.79 Å². The number of benzene rings is 1. The van der Waals surface area contributed by atoms with Gasteiger partial charge in [0.15, 0.2) is 0 Å². The van der Waals surface area contributed by atoms with Crippen LogP contribution < -0.4 is 10.1 Å². The molecule has 0 spiro atoms. The third-order valence-corrected chi connectivity index (χ3v) is 4.36. The molecule has 0 bridgehead atoms. The number of nitrogens with zero attached hydrogens (tertiary/aromatic N) is 1. The van der Waals surface area contributed by atoms with E-state index in [4.69, 9.17) is 4.74 Å². The molecule has 3 amide bonds. The van der Waals surface area contributed by atoms with Gasteiger partial charge in [0.1, 0.15) is 18.1 Å². The molecule has 0 radical (unpaired) electrons. The first-order valence-electron chi connectivity index (χ1n) is 5.97. The van der Waals surface area contributed by atoms with Crippen LogP contribution in [0.15, 0.2) is 30.5 Å². The maximum Gasteiger partial charge on any atom is 0.328 e. The Bertz CT molecular complexity index is 633. The Balaban J connectivity index is 2.32. The van der Waals surface area contributed by atoms with Gasteiger partial charge in [-0.2, -0.15) is 0 Å². The highest BCUT2D eigenvalue weighted by Gasteiger charge is 2.30. The van der Waals surface area contributed by atoms with E-state index in [1.54, 1.807) is 12.2 Å². The summed E-state index contributed by atoms with van der Waals surface area (Å²) in [7, 11) is 1.44. The topological polar surface area (TPSA) is 58.6 Å². The van der Waals surface area contributed by atoms with Crippen LogP contribution in [-0.4, -0.2) is 30.5 Å². The highest BCUT2D eigenvalue weighted by Crippen LogP contribution is 2.30. The second kappa shape index (κ2) is 6.77. The summed E-state index contributed by atoms with van der Waals surface area (Å²) in [6, 6.07) is 3.37. The summed E-state index contributed by atoms with van der Waals surface area (Å²) < 4.78 is 7.46. The maximum absolute atomic E-state index is 11.8. The van der Waals surface area contributed by atoms with Crippen molar-refractivity contribution >= 4 is 63.2 Å². The van der Waals surface area contributed by atoms with Crippen molar-refractivity contribution in [1.82, 2.24) is 10.2 Å². The summed E-state index contributed by atoms with van der Waals surface area (Å²) >= 11 is 4.35. The number of amides is 3. The summed E-state index contributed by atoms with van der Waals surface area (Å²) in [5, 5.41) is 2.54. The molecule has 1 aromatic rings. The average Bonchev–Trinajstić information content (AvgIpc) is 2.65. The molecule has 110 valence electrons. The van der Waals surface area contributed by atoms with Crippen LogP contribution in [0.3, 0.4) is 0 Å². The standard InChI is InChI=1S/C14H12I2N2O3/c1-3-4-21-12-9(15)5-8(6-10(12)16)7-11-13(19)18(2)14(20)17-11/h3,5-7H,1,4H2,2H3,(H,17,20)/b11-7+. The number of imide groups is 1. The molecule has 2 rings (SSSR count). The van der Waals surface area contributed by atoms with E-state index in [1.165, 1.54) is 7.05 Å². The lowest BCUT2D eigenvalue weighted by Gasteiger charge is -2.10. The molecule has 0 saturated carbocycles. The number of carbonyl (C=O) groups is 2. The summed E-state index contributed by atoms with van der Waals surface area (Å²) in [4.78, 5) is 24.3. The maximum atomic E-state index is 11.8. The molecule has 1 heterocycles. The summed E-state index contributed by atoms with van der Waals surface area (Å²) in [6.45, 7) is 4.06. The zero-order valence-corrected chi connectivity index (χ0v) is 15.5. The monoisotopic (exact) mass is 510 g/mol. The molecule has 7 heteroatoms. The first kappa shape index (κ1) is 16.3. The van der Waals surface area contributed by atoms with Crippen molar-refractivity contribution in [3.05, 3.63) is 43.2 Å². The average molecular weight is 510 g/mol. The lowest BCUT2D eigenvalue weighted by molar-refractivity contribution is -0.121.